The molecule has 0 saturated heterocycles. The van der Waals surface area contributed by atoms with E-state index in [0.717, 1.165) is 10.4 Å². The molecule has 38 heavy (non-hydrogen) atoms. The van der Waals surface area contributed by atoms with Crippen LogP contribution in [-0.4, -0.2) is 49.4 Å². The Balaban J connectivity index is 1.62. The number of carbonyl (C=O) groups is 2. The minimum absolute atomic E-state index is 0.0201. The molecule has 0 saturated carbocycles. The van der Waals surface area contributed by atoms with Crippen molar-refractivity contribution >= 4 is 28.3 Å². The summed E-state index contributed by atoms with van der Waals surface area (Å²) >= 11 is 0. The van der Waals surface area contributed by atoms with Crippen LogP contribution in [0.25, 0.3) is 16.5 Å². The molecule has 1 N–H and O–H groups in total. The first kappa shape index (κ1) is 26.4. The summed E-state index contributed by atoms with van der Waals surface area (Å²) in [6.45, 7) is 3.96. The number of benzene rings is 3. The third-order valence-corrected chi connectivity index (χ3v) is 6.35. The van der Waals surface area contributed by atoms with E-state index in [9.17, 15) is 14.4 Å². The van der Waals surface area contributed by atoms with Crippen molar-refractivity contribution in [2.24, 2.45) is 0 Å². The van der Waals surface area contributed by atoms with Gasteiger partial charge in [-0.15, -0.1) is 0 Å². The molecule has 0 unspecified atom stereocenters. The Morgan fingerprint density at radius 2 is 1.61 bits per heavy atom. The summed E-state index contributed by atoms with van der Waals surface area (Å²) in [6.07, 6.45) is 0. The number of hydrogen-bond donors (Lipinski definition) is 1. The van der Waals surface area contributed by atoms with Gasteiger partial charge in [0.1, 0.15) is 0 Å². The van der Waals surface area contributed by atoms with Gasteiger partial charge in [-0.1, -0.05) is 44.2 Å². The molecule has 0 radical (unpaired) electrons. The van der Waals surface area contributed by atoms with Crippen LogP contribution in [0, 0.1) is 0 Å². The second-order valence-corrected chi connectivity index (χ2v) is 9.03. The van der Waals surface area contributed by atoms with E-state index in [0.29, 0.717) is 33.9 Å². The molecule has 9 heteroatoms. The summed E-state index contributed by atoms with van der Waals surface area (Å²) in [5.74, 6) is 0.409. The third kappa shape index (κ3) is 5.22. The quantitative estimate of drug-likeness (QED) is 0.382. The molecule has 0 aliphatic rings. The van der Waals surface area contributed by atoms with Crippen LogP contribution in [0.5, 0.6) is 11.5 Å². The van der Waals surface area contributed by atoms with E-state index >= 15 is 0 Å². The number of likely N-dealkylation sites (N-methyl/N-ethyl adjacent to an activating group) is 1. The minimum atomic E-state index is -0.577. The van der Waals surface area contributed by atoms with Crippen molar-refractivity contribution in [3.05, 3.63) is 88.3 Å². The Bertz CT molecular complexity index is 1540. The molecular formula is C29H30N4O5. The molecule has 0 fully saturated rings. The van der Waals surface area contributed by atoms with Crippen LogP contribution in [0.3, 0.4) is 0 Å². The largest absolute Gasteiger partial charge is 0.493 e. The van der Waals surface area contributed by atoms with Gasteiger partial charge in [0.05, 0.1) is 31.8 Å². The lowest BCUT2D eigenvalue weighted by molar-refractivity contribution is -0.117. The maximum Gasteiger partial charge on any atom is 0.279 e. The lowest BCUT2D eigenvalue weighted by Gasteiger charge is -2.19. The fraction of sp³-hybridized carbons (Fsp3) is 0.241. The molecule has 196 valence electrons. The summed E-state index contributed by atoms with van der Waals surface area (Å²) < 4.78 is 11.8. The monoisotopic (exact) mass is 514 g/mol. The van der Waals surface area contributed by atoms with Gasteiger partial charge in [0, 0.05) is 24.2 Å². The van der Waals surface area contributed by atoms with E-state index in [-0.39, 0.29) is 18.1 Å². The zero-order valence-corrected chi connectivity index (χ0v) is 22.0. The Labute approximate surface area is 220 Å². The first-order valence-corrected chi connectivity index (χ1v) is 12.1. The van der Waals surface area contributed by atoms with E-state index in [4.69, 9.17) is 9.47 Å². The molecular weight excluding hydrogens is 484 g/mol. The van der Waals surface area contributed by atoms with Gasteiger partial charge < -0.3 is 19.7 Å². The van der Waals surface area contributed by atoms with E-state index in [1.807, 2.05) is 24.3 Å². The minimum Gasteiger partial charge on any atom is -0.493 e. The predicted molar refractivity (Wildman–Crippen MR) is 147 cm³/mol. The number of hydrogen-bond acceptors (Lipinski definition) is 6. The van der Waals surface area contributed by atoms with Crippen LogP contribution in [0.15, 0.2) is 71.5 Å². The van der Waals surface area contributed by atoms with Crippen LogP contribution in [-0.2, 0) is 4.79 Å². The van der Waals surface area contributed by atoms with Gasteiger partial charge in [-0.05, 0) is 41.8 Å². The van der Waals surface area contributed by atoms with E-state index < -0.39 is 11.5 Å². The summed E-state index contributed by atoms with van der Waals surface area (Å²) in [6, 6.07) is 19.3. The molecule has 4 aromatic rings. The van der Waals surface area contributed by atoms with Crippen molar-refractivity contribution in [1.29, 1.82) is 0 Å². The highest BCUT2D eigenvalue weighted by Gasteiger charge is 2.20. The first-order chi connectivity index (χ1) is 18.2. The summed E-state index contributed by atoms with van der Waals surface area (Å²) in [5, 5.41) is 7.74. The summed E-state index contributed by atoms with van der Waals surface area (Å²) in [4.78, 5) is 40.9. The fourth-order valence-electron chi connectivity index (χ4n) is 4.07. The smallest absolute Gasteiger partial charge is 0.279 e. The maximum absolute atomic E-state index is 13.3. The van der Waals surface area contributed by atoms with Crippen LogP contribution < -0.4 is 25.2 Å². The van der Waals surface area contributed by atoms with Gasteiger partial charge in [0.25, 0.3) is 11.5 Å². The Morgan fingerprint density at radius 1 is 0.947 bits per heavy atom. The summed E-state index contributed by atoms with van der Waals surface area (Å²) in [5.41, 5.74) is 1.91. The molecule has 0 atom stereocenters. The number of ether oxygens (including phenoxy) is 2. The average molecular weight is 515 g/mol. The number of aromatic nitrogens is 2. The highest BCUT2D eigenvalue weighted by molar-refractivity contribution is 6.06. The van der Waals surface area contributed by atoms with Gasteiger partial charge >= 0.3 is 0 Å². The van der Waals surface area contributed by atoms with Crippen molar-refractivity contribution in [2.45, 2.75) is 19.8 Å². The van der Waals surface area contributed by atoms with E-state index in [1.165, 1.54) is 24.7 Å². The van der Waals surface area contributed by atoms with Crippen molar-refractivity contribution in [3.8, 4) is 17.2 Å². The van der Waals surface area contributed by atoms with Crippen LogP contribution in [0.1, 0.15) is 35.8 Å². The van der Waals surface area contributed by atoms with Crippen LogP contribution in [0.4, 0.5) is 5.69 Å². The first-order valence-electron chi connectivity index (χ1n) is 12.1. The molecule has 0 bridgehead atoms. The number of fused-ring (bicyclic) bond motifs is 1. The standard InChI is InChI=1S/C29H30N4O5/c1-18(2)19-10-12-20(13-11-19)32(3)26(34)17-30-28(35)27-22-8-6-7-9-23(22)29(36)33(31-27)21-14-15-24(37-4)25(16-21)38-5/h6-16,18H,17H2,1-5H3,(H,30,35). The predicted octanol–water partition coefficient (Wildman–Crippen LogP) is 3.92. The van der Waals surface area contributed by atoms with Gasteiger partial charge in [-0.3, -0.25) is 14.4 Å². The van der Waals surface area contributed by atoms with Gasteiger partial charge in [0.15, 0.2) is 17.2 Å². The molecule has 1 heterocycles. The zero-order valence-electron chi connectivity index (χ0n) is 22.0. The number of nitrogens with one attached hydrogen (secondary N) is 1. The van der Waals surface area contributed by atoms with Gasteiger partial charge in [-0.25, -0.2) is 0 Å². The van der Waals surface area contributed by atoms with Crippen LogP contribution in [0.2, 0.25) is 0 Å². The lowest BCUT2D eigenvalue weighted by atomic mass is 10.0. The number of rotatable bonds is 8. The van der Waals surface area contributed by atoms with Gasteiger partial charge in [0.2, 0.25) is 5.91 Å². The number of methoxy groups -OCH3 is 2. The zero-order chi connectivity index (χ0) is 27.4. The molecule has 0 aliphatic carbocycles. The SMILES string of the molecule is COc1ccc(-n2nc(C(=O)NCC(=O)N(C)c3ccc(C(C)C)cc3)c3ccccc3c2=O)cc1OC. The fourth-order valence-corrected chi connectivity index (χ4v) is 4.07. The average Bonchev–Trinajstić information content (AvgIpc) is 2.95. The lowest BCUT2D eigenvalue weighted by Crippen LogP contribution is -2.39. The maximum atomic E-state index is 13.3. The third-order valence-electron chi connectivity index (χ3n) is 6.35. The van der Waals surface area contributed by atoms with Gasteiger partial charge in [-0.2, -0.15) is 9.78 Å². The second-order valence-electron chi connectivity index (χ2n) is 9.03. The van der Waals surface area contributed by atoms with Crippen LogP contribution >= 0.6 is 0 Å². The molecule has 9 nitrogen and oxygen atoms in total. The topological polar surface area (TPSA) is 103 Å². The molecule has 0 aliphatic heterocycles. The molecule has 3 aromatic carbocycles. The number of anilines is 1. The summed E-state index contributed by atoms with van der Waals surface area (Å²) in [7, 11) is 4.66. The number of amides is 2. The Hall–Kier alpha value is -4.66. The molecule has 0 spiro atoms. The second kappa shape index (κ2) is 11.2. The van der Waals surface area contributed by atoms with Crippen molar-refractivity contribution < 1.29 is 19.1 Å². The highest BCUT2D eigenvalue weighted by Crippen LogP contribution is 2.29. The van der Waals surface area contributed by atoms with Crippen molar-refractivity contribution in [1.82, 2.24) is 15.1 Å². The highest BCUT2D eigenvalue weighted by atomic mass is 16.5. The number of carbonyl (C=O) groups excluding carboxylic acids is 2. The van der Waals surface area contributed by atoms with E-state index in [1.54, 1.807) is 49.5 Å². The Morgan fingerprint density at radius 3 is 2.24 bits per heavy atom. The molecule has 4 rings (SSSR count). The van der Waals surface area contributed by atoms with E-state index in [2.05, 4.69) is 24.3 Å². The number of nitrogens with zero attached hydrogens (tertiary/aromatic N) is 3. The Kier molecular flexibility index (Phi) is 7.76. The molecule has 1 aromatic heterocycles. The van der Waals surface area contributed by atoms with Crippen molar-refractivity contribution in [2.75, 3.05) is 32.7 Å². The normalized spacial score (nSPS) is 10.9. The molecule has 2 amide bonds. The van der Waals surface area contributed by atoms with Crippen molar-refractivity contribution in [3.63, 3.8) is 0 Å².